The summed E-state index contributed by atoms with van der Waals surface area (Å²) in [6.45, 7) is 5.19. The molecule has 1 heterocycles. The van der Waals surface area contributed by atoms with Gasteiger partial charge in [-0.1, -0.05) is 46.0 Å². The van der Waals surface area contributed by atoms with Crippen molar-refractivity contribution in [3.05, 3.63) is 11.8 Å². The van der Waals surface area contributed by atoms with Crippen LogP contribution in [-0.2, 0) is 12.8 Å². The molecule has 0 atom stereocenters. The zero-order valence-corrected chi connectivity index (χ0v) is 12.3. The van der Waals surface area contributed by atoms with E-state index in [1.54, 1.807) is 0 Å². The van der Waals surface area contributed by atoms with Crippen molar-refractivity contribution in [3.63, 3.8) is 0 Å². The summed E-state index contributed by atoms with van der Waals surface area (Å²) in [4.78, 5) is 0. The molecular formula is C15H27N3O. The number of nitrogens with one attached hydrogen (secondary N) is 1. The Kier molecular flexibility index (Phi) is 5.83. The van der Waals surface area contributed by atoms with Crippen molar-refractivity contribution in [1.82, 2.24) is 15.5 Å². The van der Waals surface area contributed by atoms with Crippen LogP contribution in [0.15, 0.2) is 4.42 Å². The number of rotatable bonds is 7. The molecule has 1 N–H and O–H groups in total. The summed E-state index contributed by atoms with van der Waals surface area (Å²) in [7, 11) is 0. The van der Waals surface area contributed by atoms with Crippen LogP contribution in [0.25, 0.3) is 0 Å². The van der Waals surface area contributed by atoms with Crippen LogP contribution in [0.3, 0.4) is 0 Å². The molecule has 1 aromatic heterocycles. The van der Waals surface area contributed by atoms with E-state index in [2.05, 4.69) is 29.4 Å². The van der Waals surface area contributed by atoms with Crippen molar-refractivity contribution in [3.8, 4) is 0 Å². The molecule has 0 unspecified atom stereocenters. The van der Waals surface area contributed by atoms with E-state index in [9.17, 15) is 0 Å². The first-order valence-electron chi connectivity index (χ1n) is 7.78. The first kappa shape index (κ1) is 14.5. The van der Waals surface area contributed by atoms with Gasteiger partial charge < -0.3 is 9.73 Å². The average molecular weight is 265 g/mol. The lowest BCUT2D eigenvalue weighted by Gasteiger charge is -2.20. The van der Waals surface area contributed by atoms with Gasteiger partial charge in [-0.2, -0.15) is 0 Å². The fourth-order valence-corrected chi connectivity index (χ4v) is 2.76. The van der Waals surface area contributed by atoms with Gasteiger partial charge in [0.15, 0.2) is 0 Å². The minimum atomic E-state index is 0.508. The van der Waals surface area contributed by atoms with Gasteiger partial charge in [-0.05, 0) is 12.3 Å². The highest BCUT2D eigenvalue weighted by Gasteiger charge is 2.15. The van der Waals surface area contributed by atoms with Gasteiger partial charge in [0.1, 0.15) is 0 Å². The Bertz CT molecular complexity index is 356. The van der Waals surface area contributed by atoms with E-state index < -0.39 is 0 Å². The highest BCUT2D eigenvalue weighted by molar-refractivity contribution is 4.84. The molecule has 0 bridgehead atoms. The lowest BCUT2D eigenvalue weighted by molar-refractivity contribution is 0.326. The van der Waals surface area contributed by atoms with Gasteiger partial charge in [0, 0.05) is 25.4 Å². The Morgan fingerprint density at radius 1 is 1.11 bits per heavy atom. The zero-order chi connectivity index (χ0) is 13.5. The predicted octanol–water partition coefficient (Wildman–Crippen LogP) is 3.12. The van der Waals surface area contributed by atoms with Gasteiger partial charge in [0.05, 0.1) is 0 Å². The summed E-state index contributed by atoms with van der Waals surface area (Å²) < 4.78 is 5.69. The maximum absolute atomic E-state index is 5.69. The lowest BCUT2D eigenvalue weighted by Crippen LogP contribution is -2.25. The fraction of sp³-hybridized carbons (Fsp3) is 0.867. The molecule has 0 spiro atoms. The maximum atomic E-state index is 5.69. The topological polar surface area (TPSA) is 51.0 Å². The quantitative estimate of drug-likeness (QED) is 0.823. The van der Waals surface area contributed by atoms with E-state index >= 15 is 0 Å². The largest absolute Gasteiger partial charge is 0.425 e. The predicted molar refractivity (Wildman–Crippen MR) is 76.0 cm³/mol. The van der Waals surface area contributed by atoms with E-state index in [1.165, 1.54) is 38.5 Å². The standard InChI is InChI=1S/C15H27N3O/c1-12(2)16-11-10-15-18-17-14(19-15)9-8-13-6-4-3-5-7-13/h12-13,16H,3-11H2,1-2H3. The van der Waals surface area contributed by atoms with Crippen molar-refractivity contribution >= 4 is 0 Å². The maximum Gasteiger partial charge on any atom is 0.217 e. The molecular weight excluding hydrogens is 238 g/mol. The van der Waals surface area contributed by atoms with Crippen molar-refractivity contribution in [2.24, 2.45) is 5.92 Å². The van der Waals surface area contributed by atoms with Crippen LogP contribution in [0.5, 0.6) is 0 Å². The van der Waals surface area contributed by atoms with Crippen molar-refractivity contribution < 1.29 is 4.42 Å². The lowest BCUT2D eigenvalue weighted by atomic mass is 9.86. The Morgan fingerprint density at radius 2 is 1.79 bits per heavy atom. The van der Waals surface area contributed by atoms with Gasteiger partial charge in [-0.3, -0.25) is 0 Å². The normalized spacial score (nSPS) is 17.2. The third-order valence-corrected chi connectivity index (χ3v) is 3.89. The summed E-state index contributed by atoms with van der Waals surface area (Å²) in [5.41, 5.74) is 0. The van der Waals surface area contributed by atoms with Crippen molar-refractivity contribution in [1.29, 1.82) is 0 Å². The molecule has 0 radical (unpaired) electrons. The minimum Gasteiger partial charge on any atom is -0.425 e. The molecule has 4 heteroatoms. The Balaban J connectivity index is 1.68. The molecule has 1 fully saturated rings. The molecule has 0 saturated heterocycles. The van der Waals surface area contributed by atoms with Crippen molar-refractivity contribution in [2.45, 2.75) is 71.3 Å². The number of hydrogen-bond acceptors (Lipinski definition) is 4. The molecule has 108 valence electrons. The number of hydrogen-bond donors (Lipinski definition) is 1. The number of aryl methyl sites for hydroxylation is 1. The molecule has 19 heavy (non-hydrogen) atoms. The molecule has 0 amide bonds. The van der Waals surface area contributed by atoms with E-state index in [4.69, 9.17) is 4.42 Å². The average Bonchev–Trinajstić information content (AvgIpc) is 2.85. The minimum absolute atomic E-state index is 0.508. The summed E-state index contributed by atoms with van der Waals surface area (Å²) in [6.07, 6.45) is 10.00. The molecule has 4 nitrogen and oxygen atoms in total. The SMILES string of the molecule is CC(C)NCCc1nnc(CCC2CCCCC2)o1. The van der Waals surface area contributed by atoms with Crippen LogP contribution in [0.4, 0.5) is 0 Å². The van der Waals surface area contributed by atoms with E-state index in [-0.39, 0.29) is 0 Å². The molecule has 1 aromatic rings. The fourth-order valence-electron chi connectivity index (χ4n) is 2.76. The molecule has 1 aliphatic rings. The Labute approximate surface area is 116 Å². The molecule has 2 rings (SSSR count). The Morgan fingerprint density at radius 3 is 2.47 bits per heavy atom. The molecule has 0 aromatic carbocycles. The van der Waals surface area contributed by atoms with Gasteiger partial charge >= 0.3 is 0 Å². The first-order chi connectivity index (χ1) is 9.24. The van der Waals surface area contributed by atoms with E-state index in [1.807, 2.05) is 0 Å². The monoisotopic (exact) mass is 265 g/mol. The van der Waals surface area contributed by atoms with Crippen LogP contribution in [-0.4, -0.2) is 22.8 Å². The van der Waals surface area contributed by atoms with Crippen molar-refractivity contribution in [2.75, 3.05) is 6.54 Å². The molecule has 0 aliphatic heterocycles. The zero-order valence-electron chi connectivity index (χ0n) is 12.3. The highest BCUT2D eigenvalue weighted by atomic mass is 16.4. The van der Waals surface area contributed by atoms with Crippen LogP contribution in [0, 0.1) is 5.92 Å². The van der Waals surface area contributed by atoms with Gasteiger partial charge in [-0.15, -0.1) is 10.2 Å². The van der Waals surface area contributed by atoms with E-state index in [0.717, 1.165) is 37.1 Å². The third-order valence-electron chi connectivity index (χ3n) is 3.89. The smallest absolute Gasteiger partial charge is 0.217 e. The van der Waals surface area contributed by atoms with Crippen LogP contribution in [0.2, 0.25) is 0 Å². The third kappa shape index (κ3) is 5.31. The highest BCUT2D eigenvalue weighted by Crippen LogP contribution is 2.27. The second-order valence-corrected chi connectivity index (χ2v) is 5.99. The summed E-state index contributed by atoms with van der Waals surface area (Å²) >= 11 is 0. The number of aromatic nitrogens is 2. The second kappa shape index (κ2) is 7.63. The van der Waals surface area contributed by atoms with Gasteiger partial charge in [-0.25, -0.2) is 0 Å². The Hall–Kier alpha value is -0.900. The summed E-state index contributed by atoms with van der Waals surface area (Å²) in [5.74, 6) is 2.48. The summed E-state index contributed by atoms with van der Waals surface area (Å²) in [5, 5.41) is 11.6. The van der Waals surface area contributed by atoms with Gasteiger partial charge in [0.25, 0.3) is 0 Å². The van der Waals surface area contributed by atoms with Crippen LogP contribution >= 0.6 is 0 Å². The second-order valence-electron chi connectivity index (χ2n) is 5.99. The van der Waals surface area contributed by atoms with Crippen LogP contribution in [0.1, 0.15) is 64.2 Å². The summed E-state index contributed by atoms with van der Waals surface area (Å²) in [6, 6.07) is 0.508. The number of nitrogens with zero attached hydrogens (tertiary/aromatic N) is 2. The van der Waals surface area contributed by atoms with E-state index in [0.29, 0.717) is 6.04 Å². The molecule has 1 saturated carbocycles. The first-order valence-corrected chi connectivity index (χ1v) is 7.78. The molecule has 1 aliphatic carbocycles. The van der Waals surface area contributed by atoms with Gasteiger partial charge in [0.2, 0.25) is 11.8 Å². The van der Waals surface area contributed by atoms with Crippen LogP contribution < -0.4 is 5.32 Å².